The third kappa shape index (κ3) is 5.59. The predicted octanol–water partition coefficient (Wildman–Crippen LogP) is 4.77. The summed E-state index contributed by atoms with van der Waals surface area (Å²) in [6.07, 6.45) is 0. The second-order valence-electron chi connectivity index (χ2n) is 3.99. The molecule has 7 heteroatoms. The molecule has 0 saturated carbocycles. The highest BCUT2D eigenvalue weighted by Gasteiger charge is 2.39. The van der Waals surface area contributed by atoms with Crippen LogP contribution >= 0.6 is 46.4 Å². The summed E-state index contributed by atoms with van der Waals surface area (Å²) in [6, 6.07) is 3.27. The highest BCUT2D eigenvalue weighted by molar-refractivity contribution is 6.85. The zero-order chi connectivity index (χ0) is 13.5. The van der Waals surface area contributed by atoms with E-state index in [0.29, 0.717) is 11.8 Å². The lowest BCUT2D eigenvalue weighted by Crippen LogP contribution is -2.51. The molecule has 0 aliphatic rings. The minimum atomic E-state index is -1.68. The Hall–Kier alpha value is 1.55. The van der Waals surface area contributed by atoms with Crippen LogP contribution in [0.2, 0.25) is 18.1 Å². The monoisotopic (exact) mass is 353 g/mol. The second-order valence-corrected chi connectivity index (χ2v) is 13.9. The first-order valence-electron chi connectivity index (χ1n) is 5.96. The summed E-state index contributed by atoms with van der Waals surface area (Å²) in [5.74, 6) is 0.745. The highest BCUT2D eigenvalue weighted by Crippen LogP contribution is 2.27. The molecule has 103 valence electrons. The van der Waals surface area contributed by atoms with Gasteiger partial charge in [0.15, 0.2) is 8.32 Å². The van der Waals surface area contributed by atoms with Gasteiger partial charge >= 0.3 is 0 Å². The Balaban J connectivity index is 4.82. The molecule has 0 aliphatic heterocycles. The lowest BCUT2D eigenvalue weighted by atomic mass is 10.9. The molecular formula is C10H21Cl4OSi2. The van der Waals surface area contributed by atoms with E-state index in [2.05, 4.69) is 20.8 Å². The van der Waals surface area contributed by atoms with Crippen molar-refractivity contribution in [3.8, 4) is 0 Å². The topological polar surface area (TPSA) is 9.23 Å². The van der Waals surface area contributed by atoms with Crippen molar-refractivity contribution in [1.82, 2.24) is 0 Å². The Morgan fingerprint density at radius 3 is 1.53 bits per heavy atom. The van der Waals surface area contributed by atoms with E-state index in [0.717, 1.165) is 18.1 Å². The van der Waals surface area contributed by atoms with Gasteiger partial charge in [0.05, 0.1) is 10.0 Å². The van der Waals surface area contributed by atoms with E-state index in [1.165, 1.54) is 0 Å². The summed E-state index contributed by atoms with van der Waals surface area (Å²) < 4.78 is 6.40. The van der Waals surface area contributed by atoms with E-state index in [1.807, 2.05) is 0 Å². The molecule has 1 nitrogen and oxygen atoms in total. The molecule has 0 aliphatic carbocycles. The Bertz CT molecular complexity index is 186. The maximum Gasteiger partial charge on any atom is 0.239 e. The first kappa shape index (κ1) is 18.6. The van der Waals surface area contributed by atoms with E-state index in [9.17, 15) is 0 Å². The van der Waals surface area contributed by atoms with Crippen molar-refractivity contribution in [2.24, 2.45) is 0 Å². The van der Waals surface area contributed by atoms with Gasteiger partial charge in [0.2, 0.25) is 9.04 Å². The summed E-state index contributed by atoms with van der Waals surface area (Å²) in [4.78, 5) is 0. The van der Waals surface area contributed by atoms with Crippen molar-refractivity contribution in [2.75, 3.05) is 11.8 Å². The molecule has 0 aromatic heterocycles. The van der Waals surface area contributed by atoms with E-state index in [-0.39, 0.29) is 10.0 Å². The Morgan fingerprint density at radius 2 is 1.29 bits per heavy atom. The molecule has 1 radical (unpaired) electrons. The number of alkyl halides is 4. The molecule has 0 bridgehead atoms. The quantitative estimate of drug-likeness (QED) is 0.428. The molecule has 0 heterocycles. The van der Waals surface area contributed by atoms with Gasteiger partial charge in [0, 0.05) is 11.8 Å². The van der Waals surface area contributed by atoms with Crippen molar-refractivity contribution in [3.05, 3.63) is 0 Å². The number of rotatable bonds is 9. The SMILES string of the molecule is CC[Si](CC)(CC)O[Si](C(Cl)CCl)C(Cl)CCl. The van der Waals surface area contributed by atoms with Crippen LogP contribution in [0.3, 0.4) is 0 Å². The summed E-state index contributed by atoms with van der Waals surface area (Å²) >= 11 is 24.2. The molecule has 0 spiro atoms. The minimum Gasteiger partial charge on any atom is -0.453 e. The fourth-order valence-electron chi connectivity index (χ4n) is 1.69. The molecular weight excluding hydrogens is 334 g/mol. The van der Waals surface area contributed by atoms with Crippen LogP contribution in [0.25, 0.3) is 0 Å². The van der Waals surface area contributed by atoms with Gasteiger partial charge in [-0.2, -0.15) is 0 Å². The van der Waals surface area contributed by atoms with Gasteiger partial charge in [-0.3, -0.25) is 0 Å². The molecule has 0 fully saturated rings. The van der Waals surface area contributed by atoms with Crippen molar-refractivity contribution in [1.29, 1.82) is 0 Å². The van der Waals surface area contributed by atoms with Crippen LogP contribution in [0, 0.1) is 0 Å². The standard InChI is InChI=1S/C10H21Cl4OSi2/c1-4-17(5-2,6-3)15-16(9(13)7-11)10(14)8-12/h9-10H,4-8H2,1-3H3. The largest absolute Gasteiger partial charge is 0.453 e. The average molecular weight is 355 g/mol. The van der Waals surface area contributed by atoms with E-state index >= 15 is 0 Å². The van der Waals surface area contributed by atoms with Crippen molar-refractivity contribution in [2.45, 2.75) is 48.9 Å². The average Bonchev–Trinajstić information content (AvgIpc) is 2.39. The first-order chi connectivity index (χ1) is 8.00. The van der Waals surface area contributed by atoms with Gasteiger partial charge in [-0.25, -0.2) is 0 Å². The highest BCUT2D eigenvalue weighted by atomic mass is 35.5. The van der Waals surface area contributed by atoms with Gasteiger partial charge in [0.1, 0.15) is 0 Å². The first-order valence-corrected chi connectivity index (χ1v) is 12.0. The maximum absolute atomic E-state index is 6.40. The zero-order valence-corrected chi connectivity index (χ0v) is 15.6. The van der Waals surface area contributed by atoms with Gasteiger partial charge < -0.3 is 4.12 Å². The summed E-state index contributed by atoms with van der Waals surface area (Å²) in [5, 5.41) is -0.362. The van der Waals surface area contributed by atoms with Crippen molar-refractivity contribution in [3.63, 3.8) is 0 Å². The maximum atomic E-state index is 6.40. The van der Waals surface area contributed by atoms with E-state index in [4.69, 9.17) is 50.5 Å². The van der Waals surface area contributed by atoms with Gasteiger partial charge in [-0.1, -0.05) is 20.8 Å². The van der Waals surface area contributed by atoms with Gasteiger partial charge in [-0.15, -0.1) is 46.4 Å². The molecule has 17 heavy (non-hydrogen) atoms. The molecule has 0 saturated heterocycles. The van der Waals surface area contributed by atoms with E-state index in [1.54, 1.807) is 0 Å². The number of hydrogen-bond donors (Lipinski definition) is 0. The summed E-state index contributed by atoms with van der Waals surface area (Å²) in [7, 11) is -3.05. The molecule has 0 amide bonds. The zero-order valence-electron chi connectivity index (χ0n) is 10.6. The van der Waals surface area contributed by atoms with Crippen LogP contribution in [-0.2, 0) is 4.12 Å². The van der Waals surface area contributed by atoms with Gasteiger partial charge in [-0.05, 0) is 18.1 Å². The Kier molecular flexibility index (Phi) is 10.3. The van der Waals surface area contributed by atoms with Crippen LogP contribution in [0.1, 0.15) is 20.8 Å². The fourth-order valence-corrected chi connectivity index (χ4v) is 11.5. The number of halogens is 4. The third-order valence-corrected chi connectivity index (χ3v) is 14.4. The molecule has 2 atom stereocenters. The van der Waals surface area contributed by atoms with Crippen molar-refractivity contribution >= 4 is 63.8 Å². The summed E-state index contributed by atoms with van der Waals surface area (Å²) in [5.41, 5.74) is 0. The second kappa shape index (κ2) is 9.46. The Labute approximate surface area is 128 Å². The molecule has 0 aromatic carbocycles. The van der Waals surface area contributed by atoms with Crippen LogP contribution in [0.5, 0.6) is 0 Å². The minimum absolute atomic E-state index is 0.181. The van der Waals surface area contributed by atoms with Gasteiger partial charge in [0.25, 0.3) is 0 Å². The lowest BCUT2D eigenvalue weighted by molar-refractivity contribution is 0.535. The third-order valence-electron chi connectivity index (χ3n) is 3.16. The van der Waals surface area contributed by atoms with Crippen LogP contribution in [0.4, 0.5) is 0 Å². The van der Waals surface area contributed by atoms with Crippen molar-refractivity contribution < 1.29 is 4.12 Å². The van der Waals surface area contributed by atoms with E-state index < -0.39 is 17.4 Å². The lowest BCUT2D eigenvalue weighted by Gasteiger charge is -2.35. The smallest absolute Gasteiger partial charge is 0.239 e. The molecule has 0 rings (SSSR count). The molecule has 0 aromatic rings. The Morgan fingerprint density at radius 1 is 0.941 bits per heavy atom. The number of hydrogen-bond acceptors (Lipinski definition) is 1. The predicted molar refractivity (Wildman–Crippen MR) is 84.8 cm³/mol. The molecule has 2 unspecified atom stereocenters. The van der Waals surface area contributed by atoms with Crippen LogP contribution in [-0.4, -0.2) is 39.1 Å². The van der Waals surface area contributed by atoms with Crippen LogP contribution < -0.4 is 0 Å². The normalized spacial score (nSPS) is 16.2. The molecule has 0 N–H and O–H groups in total. The fraction of sp³-hybridized carbons (Fsp3) is 1.00. The van der Waals surface area contributed by atoms with Crippen LogP contribution in [0.15, 0.2) is 0 Å². The summed E-state index contributed by atoms with van der Waals surface area (Å²) in [6.45, 7) is 6.56.